The highest BCUT2D eigenvalue weighted by molar-refractivity contribution is 7.13. The first-order chi connectivity index (χ1) is 11.5. The van der Waals surface area contributed by atoms with Gasteiger partial charge in [0, 0.05) is 41.1 Å². The Labute approximate surface area is 155 Å². The molecule has 24 heavy (non-hydrogen) atoms. The van der Waals surface area contributed by atoms with Gasteiger partial charge in [0.25, 0.3) is 0 Å². The molecular weight excluding hydrogens is 365 g/mol. The van der Waals surface area contributed by atoms with E-state index >= 15 is 0 Å². The van der Waals surface area contributed by atoms with Gasteiger partial charge in [-0.05, 0) is 32.0 Å². The highest BCUT2D eigenvalue weighted by atomic mass is 35.5. The number of halogens is 2. The van der Waals surface area contributed by atoms with Gasteiger partial charge in [-0.3, -0.25) is 4.79 Å². The Bertz CT molecular complexity index is 749. The van der Waals surface area contributed by atoms with Crippen LogP contribution in [0.3, 0.4) is 0 Å². The summed E-state index contributed by atoms with van der Waals surface area (Å²) in [5.41, 5.74) is 1.62. The van der Waals surface area contributed by atoms with Crippen molar-refractivity contribution in [3.8, 4) is 10.6 Å². The molecule has 1 fully saturated rings. The van der Waals surface area contributed by atoms with Crippen LogP contribution in [0.15, 0.2) is 23.6 Å². The standard InChI is InChI=1S/C17H19Cl2N3OS/c1-10-11(2)22(6-5-20-10)16(23)8-13-9-24-17(21-13)14-4-3-12(18)7-15(14)19/h3-4,7,9-11,20H,5-6,8H2,1-2H3. The van der Waals surface area contributed by atoms with Crippen molar-refractivity contribution in [2.45, 2.75) is 32.4 Å². The molecule has 3 rings (SSSR count). The Morgan fingerprint density at radius 1 is 1.42 bits per heavy atom. The molecule has 0 spiro atoms. The van der Waals surface area contributed by atoms with E-state index in [-0.39, 0.29) is 11.9 Å². The summed E-state index contributed by atoms with van der Waals surface area (Å²) in [6.07, 6.45) is 0.318. The second-order valence-electron chi connectivity index (χ2n) is 6.02. The predicted octanol–water partition coefficient (Wildman–Crippen LogP) is 3.87. The number of rotatable bonds is 3. The van der Waals surface area contributed by atoms with Gasteiger partial charge < -0.3 is 10.2 Å². The minimum Gasteiger partial charge on any atom is -0.337 e. The number of nitrogens with one attached hydrogen (secondary N) is 1. The third-order valence-electron chi connectivity index (χ3n) is 4.40. The summed E-state index contributed by atoms with van der Waals surface area (Å²) in [5, 5.41) is 7.28. The van der Waals surface area contributed by atoms with E-state index in [1.165, 1.54) is 11.3 Å². The van der Waals surface area contributed by atoms with Crippen molar-refractivity contribution in [2.75, 3.05) is 13.1 Å². The molecule has 1 N–H and O–H groups in total. The molecule has 128 valence electrons. The third-order valence-corrected chi connectivity index (χ3v) is 5.87. The van der Waals surface area contributed by atoms with E-state index in [9.17, 15) is 4.79 Å². The predicted molar refractivity (Wildman–Crippen MR) is 99.9 cm³/mol. The molecule has 2 heterocycles. The fraction of sp³-hybridized carbons (Fsp3) is 0.412. The first-order valence-corrected chi connectivity index (χ1v) is 9.52. The molecule has 7 heteroatoms. The van der Waals surface area contributed by atoms with E-state index in [4.69, 9.17) is 23.2 Å². The molecule has 1 saturated heterocycles. The zero-order valence-electron chi connectivity index (χ0n) is 13.6. The quantitative estimate of drug-likeness (QED) is 0.874. The molecule has 2 unspecified atom stereocenters. The number of piperazine rings is 1. The van der Waals surface area contributed by atoms with Crippen LogP contribution < -0.4 is 5.32 Å². The van der Waals surface area contributed by atoms with Crippen LogP contribution in [0.5, 0.6) is 0 Å². The van der Waals surface area contributed by atoms with Crippen molar-refractivity contribution in [1.82, 2.24) is 15.2 Å². The number of carbonyl (C=O) groups excluding carboxylic acids is 1. The molecule has 0 bridgehead atoms. The number of nitrogens with zero attached hydrogens (tertiary/aromatic N) is 2. The summed E-state index contributed by atoms with van der Waals surface area (Å²) in [6.45, 7) is 5.76. The van der Waals surface area contributed by atoms with Gasteiger partial charge in [0.2, 0.25) is 5.91 Å². The molecule has 1 aliphatic rings. The van der Waals surface area contributed by atoms with Crippen molar-refractivity contribution < 1.29 is 4.79 Å². The Balaban J connectivity index is 1.73. The van der Waals surface area contributed by atoms with Crippen molar-refractivity contribution >= 4 is 40.4 Å². The lowest BCUT2D eigenvalue weighted by atomic mass is 10.1. The van der Waals surface area contributed by atoms with E-state index in [2.05, 4.69) is 24.1 Å². The van der Waals surface area contributed by atoms with Gasteiger partial charge in [0.1, 0.15) is 5.01 Å². The van der Waals surface area contributed by atoms with Crippen molar-refractivity contribution in [3.05, 3.63) is 39.3 Å². The lowest BCUT2D eigenvalue weighted by Crippen LogP contribution is -2.57. The zero-order chi connectivity index (χ0) is 17.3. The molecule has 1 aromatic heterocycles. The molecule has 0 radical (unpaired) electrons. The van der Waals surface area contributed by atoms with Gasteiger partial charge in [-0.1, -0.05) is 23.2 Å². The average Bonchev–Trinajstić information content (AvgIpc) is 2.98. The Hall–Kier alpha value is -1.14. The number of thiazole rings is 1. The van der Waals surface area contributed by atoms with Crippen molar-refractivity contribution in [1.29, 1.82) is 0 Å². The maximum absolute atomic E-state index is 12.6. The van der Waals surface area contributed by atoms with E-state index in [1.54, 1.807) is 12.1 Å². The van der Waals surface area contributed by atoms with E-state index in [0.717, 1.165) is 29.4 Å². The second-order valence-corrected chi connectivity index (χ2v) is 7.72. The molecule has 1 aromatic carbocycles. The van der Waals surface area contributed by atoms with E-state index < -0.39 is 0 Å². The Morgan fingerprint density at radius 2 is 2.21 bits per heavy atom. The summed E-state index contributed by atoms with van der Waals surface area (Å²) < 4.78 is 0. The number of benzene rings is 1. The van der Waals surface area contributed by atoms with E-state index in [1.807, 2.05) is 16.3 Å². The fourth-order valence-corrected chi connectivity index (χ4v) is 4.25. The maximum atomic E-state index is 12.6. The van der Waals surface area contributed by atoms with Crippen LogP contribution in [0, 0.1) is 0 Å². The third kappa shape index (κ3) is 3.75. The number of aromatic nitrogens is 1. The number of hydrogen-bond donors (Lipinski definition) is 1. The van der Waals surface area contributed by atoms with Crippen LogP contribution >= 0.6 is 34.5 Å². The molecule has 1 aliphatic heterocycles. The highest BCUT2D eigenvalue weighted by Crippen LogP contribution is 2.32. The summed E-state index contributed by atoms with van der Waals surface area (Å²) in [7, 11) is 0. The summed E-state index contributed by atoms with van der Waals surface area (Å²) >= 11 is 13.7. The second kappa shape index (κ2) is 7.40. The maximum Gasteiger partial charge on any atom is 0.228 e. The van der Waals surface area contributed by atoms with Gasteiger partial charge in [-0.15, -0.1) is 11.3 Å². The van der Waals surface area contributed by atoms with Crippen LogP contribution in [0.25, 0.3) is 10.6 Å². The lowest BCUT2D eigenvalue weighted by Gasteiger charge is -2.38. The monoisotopic (exact) mass is 383 g/mol. The number of carbonyl (C=O) groups is 1. The number of amides is 1. The SMILES string of the molecule is CC1NCCN(C(=O)Cc2csc(-c3ccc(Cl)cc3Cl)n2)C1C. The molecule has 4 nitrogen and oxygen atoms in total. The average molecular weight is 384 g/mol. The zero-order valence-corrected chi connectivity index (χ0v) is 15.9. The van der Waals surface area contributed by atoms with Gasteiger partial charge in [-0.2, -0.15) is 0 Å². The molecular formula is C17H19Cl2N3OS. The van der Waals surface area contributed by atoms with Crippen LogP contribution in [-0.4, -0.2) is 41.0 Å². The largest absolute Gasteiger partial charge is 0.337 e. The first kappa shape index (κ1) is 17.7. The minimum atomic E-state index is 0.120. The number of hydrogen-bond acceptors (Lipinski definition) is 4. The van der Waals surface area contributed by atoms with Gasteiger partial charge in [0.15, 0.2) is 0 Å². The van der Waals surface area contributed by atoms with Crippen molar-refractivity contribution in [2.24, 2.45) is 0 Å². The normalized spacial score (nSPS) is 21.1. The molecule has 0 aliphatic carbocycles. The van der Waals surface area contributed by atoms with Crippen LogP contribution in [-0.2, 0) is 11.2 Å². The molecule has 0 saturated carbocycles. The summed E-state index contributed by atoms with van der Waals surface area (Å²) in [5.74, 6) is 0.120. The first-order valence-electron chi connectivity index (χ1n) is 7.88. The van der Waals surface area contributed by atoms with Crippen LogP contribution in [0.2, 0.25) is 10.0 Å². The van der Waals surface area contributed by atoms with Gasteiger partial charge >= 0.3 is 0 Å². The van der Waals surface area contributed by atoms with Crippen LogP contribution in [0.1, 0.15) is 19.5 Å². The minimum absolute atomic E-state index is 0.120. The molecule has 2 atom stereocenters. The van der Waals surface area contributed by atoms with Crippen molar-refractivity contribution in [3.63, 3.8) is 0 Å². The topological polar surface area (TPSA) is 45.2 Å². The fourth-order valence-electron chi connectivity index (χ4n) is 2.84. The Morgan fingerprint density at radius 3 is 2.96 bits per heavy atom. The van der Waals surface area contributed by atoms with E-state index in [0.29, 0.717) is 22.5 Å². The summed E-state index contributed by atoms with van der Waals surface area (Å²) in [6, 6.07) is 5.85. The smallest absolute Gasteiger partial charge is 0.228 e. The Kier molecular flexibility index (Phi) is 5.45. The highest BCUT2D eigenvalue weighted by Gasteiger charge is 2.28. The summed E-state index contributed by atoms with van der Waals surface area (Å²) in [4.78, 5) is 19.1. The van der Waals surface area contributed by atoms with Crippen LogP contribution in [0.4, 0.5) is 0 Å². The van der Waals surface area contributed by atoms with Gasteiger partial charge in [0.05, 0.1) is 17.1 Å². The molecule has 2 aromatic rings. The molecule has 1 amide bonds. The van der Waals surface area contributed by atoms with Gasteiger partial charge in [-0.25, -0.2) is 4.98 Å². The lowest BCUT2D eigenvalue weighted by molar-refractivity contribution is -0.134.